The molecule has 0 saturated carbocycles. The molecule has 0 spiro atoms. The molecule has 4 nitrogen and oxygen atoms in total. The lowest BCUT2D eigenvalue weighted by Crippen LogP contribution is -2.18. The number of para-hydroxylation sites is 1. The molecule has 0 aliphatic carbocycles. The molecule has 1 atom stereocenters. The molecule has 1 unspecified atom stereocenters. The van der Waals surface area contributed by atoms with Gasteiger partial charge in [0.1, 0.15) is 6.04 Å². The Labute approximate surface area is 126 Å². The third kappa shape index (κ3) is 3.25. The van der Waals surface area contributed by atoms with E-state index in [1.165, 1.54) is 0 Å². The minimum atomic E-state index is -0.408. The number of hydrogen-bond donors (Lipinski definition) is 1. The van der Waals surface area contributed by atoms with Crippen molar-refractivity contribution in [2.75, 3.05) is 5.32 Å². The van der Waals surface area contributed by atoms with Crippen LogP contribution < -0.4 is 5.32 Å². The number of rotatable bonds is 3. The van der Waals surface area contributed by atoms with Crippen LogP contribution >= 0.6 is 0 Å². The Hall–Kier alpha value is -2.28. The Morgan fingerprint density at radius 1 is 1.29 bits per heavy atom. The number of benzene rings is 1. The van der Waals surface area contributed by atoms with Crippen LogP contribution in [0.1, 0.15) is 43.6 Å². The summed E-state index contributed by atoms with van der Waals surface area (Å²) in [6.45, 7) is 8.37. The van der Waals surface area contributed by atoms with Crippen LogP contribution in [0.5, 0.6) is 0 Å². The minimum Gasteiger partial charge on any atom is -0.366 e. The molecule has 1 heterocycles. The number of aryl methyl sites for hydroxylation is 2. The van der Waals surface area contributed by atoms with Crippen LogP contribution in [0.25, 0.3) is 0 Å². The maximum atomic E-state index is 9.58. The summed E-state index contributed by atoms with van der Waals surface area (Å²) in [7, 11) is 1.89. The molecular formula is C17H22N4. The number of nitrogens with one attached hydrogen (secondary N) is 1. The zero-order valence-corrected chi connectivity index (χ0v) is 13.3. The average molecular weight is 282 g/mol. The van der Waals surface area contributed by atoms with Crippen LogP contribution in [0, 0.1) is 18.3 Å². The van der Waals surface area contributed by atoms with Crippen molar-refractivity contribution in [3.63, 3.8) is 0 Å². The number of anilines is 1. The van der Waals surface area contributed by atoms with Gasteiger partial charge in [-0.3, -0.25) is 4.68 Å². The summed E-state index contributed by atoms with van der Waals surface area (Å²) in [4.78, 5) is 0. The smallest absolute Gasteiger partial charge is 0.143 e. The highest BCUT2D eigenvalue weighted by atomic mass is 15.3. The number of nitrogens with zero attached hydrogens (tertiary/aromatic N) is 3. The second-order valence-electron chi connectivity index (χ2n) is 6.38. The van der Waals surface area contributed by atoms with Crippen molar-refractivity contribution in [3.05, 3.63) is 47.3 Å². The lowest BCUT2D eigenvalue weighted by Gasteiger charge is -2.21. The van der Waals surface area contributed by atoms with E-state index in [0.717, 1.165) is 22.5 Å². The molecule has 1 N–H and O–H groups in total. The molecule has 21 heavy (non-hydrogen) atoms. The Morgan fingerprint density at radius 2 is 1.95 bits per heavy atom. The molecule has 1 aromatic heterocycles. The first-order valence-corrected chi connectivity index (χ1v) is 7.08. The van der Waals surface area contributed by atoms with E-state index in [-0.39, 0.29) is 5.41 Å². The van der Waals surface area contributed by atoms with Crippen LogP contribution in [-0.4, -0.2) is 9.78 Å². The van der Waals surface area contributed by atoms with Crippen molar-refractivity contribution in [3.8, 4) is 6.07 Å². The first-order chi connectivity index (χ1) is 9.82. The van der Waals surface area contributed by atoms with E-state index < -0.39 is 6.04 Å². The first-order valence-electron chi connectivity index (χ1n) is 7.08. The second-order valence-corrected chi connectivity index (χ2v) is 6.38. The van der Waals surface area contributed by atoms with E-state index in [4.69, 9.17) is 0 Å². The molecule has 1 aromatic carbocycles. The van der Waals surface area contributed by atoms with Gasteiger partial charge in [0.25, 0.3) is 0 Å². The van der Waals surface area contributed by atoms with Crippen LogP contribution in [0.15, 0.2) is 30.5 Å². The van der Waals surface area contributed by atoms with Gasteiger partial charge in [0.15, 0.2) is 0 Å². The van der Waals surface area contributed by atoms with Crippen molar-refractivity contribution in [2.24, 2.45) is 7.05 Å². The van der Waals surface area contributed by atoms with Crippen molar-refractivity contribution in [1.82, 2.24) is 9.78 Å². The SMILES string of the molecule is Cc1ccccc1NC(C#N)c1cn(C)nc1C(C)(C)C. The van der Waals surface area contributed by atoms with Gasteiger partial charge in [-0.25, -0.2) is 0 Å². The monoisotopic (exact) mass is 282 g/mol. The molecule has 0 aliphatic heterocycles. The van der Waals surface area contributed by atoms with Crippen LogP contribution in [-0.2, 0) is 12.5 Å². The van der Waals surface area contributed by atoms with E-state index >= 15 is 0 Å². The molecule has 0 aliphatic rings. The van der Waals surface area contributed by atoms with Crippen molar-refractivity contribution in [2.45, 2.75) is 39.2 Å². The molecular weight excluding hydrogens is 260 g/mol. The van der Waals surface area contributed by atoms with Gasteiger partial charge in [-0.15, -0.1) is 0 Å². The first kappa shape index (κ1) is 15.1. The summed E-state index contributed by atoms with van der Waals surface area (Å²) in [6, 6.07) is 9.93. The fraction of sp³-hybridized carbons (Fsp3) is 0.412. The van der Waals surface area contributed by atoms with E-state index in [0.29, 0.717) is 0 Å². The largest absolute Gasteiger partial charge is 0.366 e. The third-order valence-electron chi connectivity index (χ3n) is 3.45. The number of aromatic nitrogens is 2. The van der Waals surface area contributed by atoms with E-state index in [1.807, 2.05) is 44.4 Å². The van der Waals surface area contributed by atoms with Crippen molar-refractivity contribution < 1.29 is 0 Å². The molecule has 2 rings (SSSR count). The highest BCUT2D eigenvalue weighted by molar-refractivity contribution is 5.53. The predicted octanol–water partition coefficient (Wildman–Crippen LogP) is 3.70. The lowest BCUT2D eigenvalue weighted by atomic mass is 9.87. The molecule has 0 fully saturated rings. The fourth-order valence-corrected chi connectivity index (χ4v) is 2.37. The lowest BCUT2D eigenvalue weighted by molar-refractivity contribution is 0.547. The maximum Gasteiger partial charge on any atom is 0.143 e. The van der Waals surface area contributed by atoms with Gasteiger partial charge in [-0.1, -0.05) is 39.0 Å². The summed E-state index contributed by atoms with van der Waals surface area (Å²) in [5.74, 6) is 0. The highest BCUT2D eigenvalue weighted by Crippen LogP contribution is 2.30. The molecule has 110 valence electrons. The van der Waals surface area contributed by atoms with Gasteiger partial charge >= 0.3 is 0 Å². The van der Waals surface area contributed by atoms with Crippen LogP contribution in [0.3, 0.4) is 0 Å². The average Bonchev–Trinajstić information content (AvgIpc) is 2.80. The van der Waals surface area contributed by atoms with Crippen LogP contribution in [0.4, 0.5) is 5.69 Å². The molecule has 0 bridgehead atoms. The zero-order valence-electron chi connectivity index (χ0n) is 13.3. The molecule has 2 aromatic rings. The van der Waals surface area contributed by atoms with Gasteiger partial charge in [0, 0.05) is 29.9 Å². The predicted molar refractivity (Wildman–Crippen MR) is 85.1 cm³/mol. The highest BCUT2D eigenvalue weighted by Gasteiger charge is 2.26. The maximum absolute atomic E-state index is 9.58. The van der Waals surface area contributed by atoms with E-state index in [1.54, 1.807) is 4.68 Å². The van der Waals surface area contributed by atoms with Gasteiger partial charge in [0.05, 0.1) is 11.8 Å². The molecule has 4 heteroatoms. The summed E-state index contributed by atoms with van der Waals surface area (Å²) < 4.78 is 1.78. The number of hydrogen-bond acceptors (Lipinski definition) is 3. The summed E-state index contributed by atoms with van der Waals surface area (Å²) in [5, 5.41) is 17.4. The van der Waals surface area contributed by atoms with Crippen molar-refractivity contribution >= 4 is 5.69 Å². The fourth-order valence-electron chi connectivity index (χ4n) is 2.37. The Bertz CT molecular complexity index is 671. The van der Waals surface area contributed by atoms with Crippen LogP contribution in [0.2, 0.25) is 0 Å². The minimum absolute atomic E-state index is 0.0981. The summed E-state index contributed by atoms with van der Waals surface area (Å²) >= 11 is 0. The normalized spacial score (nSPS) is 12.8. The van der Waals surface area contributed by atoms with Crippen molar-refractivity contribution in [1.29, 1.82) is 5.26 Å². The molecule has 0 amide bonds. The Kier molecular flexibility index (Phi) is 4.04. The Balaban J connectivity index is 2.40. The summed E-state index contributed by atoms with van der Waals surface area (Å²) in [5.41, 5.74) is 3.90. The Morgan fingerprint density at radius 3 is 2.52 bits per heavy atom. The van der Waals surface area contributed by atoms with Gasteiger partial charge < -0.3 is 5.32 Å². The van der Waals surface area contributed by atoms with Gasteiger partial charge in [-0.2, -0.15) is 10.4 Å². The van der Waals surface area contributed by atoms with Gasteiger partial charge in [0.2, 0.25) is 0 Å². The molecule has 0 radical (unpaired) electrons. The third-order valence-corrected chi connectivity index (χ3v) is 3.45. The standard InChI is InChI=1S/C17H22N4/c1-12-8-6-7-9-14(12)19-15(10-18)13-11-21(5)20-16(13)17(2,3)4/h6-9,11,15,19H,1-5H3. The van der Waals surface area contributed by atoms with Gasteiger partial charge in [-0.05, 0) is 18.6 Å². The topological polar surface area (TPSA) is 53.6 Å². The summed E-state index contributed by atoms with van der Waals surface area (Å²) in [6.07, 6.45) is 1.93. The van der Waals surface area contributed by atoms with E-state index in [2.05, 4.69) is 37.3 Å². The zero-order chi connectivity index (χ0) is 15.6. The number of nitriles is 1. The molecule has 0 saturated heterocycles. The quantitative estimate of drug-likeness (QED) is 0.933. The van der Waals surface area contributed by atoms with E-state index in [9.17, 15) is 5.26 Å². The second kappa shape index (κ2) is 5.61.